The van der Waals surface area contributed by atoms with Gasteiger partial charge in [-0.2, -0.15) is 8.78 Å². The van der Waals surface area contributed by atoms with Crippen LogP contribution in [0, 0.1) is 0 Å². The summed E-state index contributed by atoms with van der Waals surface area (Å²) in [6.45, 7) is -2.03. The Morgan fingerprint density at radius 1 is 1.07 bits per heavy atom. The Morgan fingerprint density at radius 2 is 1.75 bits per heavy atom. The van der Waals surface area contributed by atoms with Gasteiger partial charge in [0, 0.05) is 24.2 Å². The number of carbonyl (C=O) groups is 1. The molecule has 0 saturated carbocycles. The highest BCUT2D eigenvalue weighted by Gasteiger charge is 2.20. The van der Waals surface area contributed by atoms with Gasteiger partial charge in [0.05, 0.1) is 13.7 Å². The average molecular weight is 388 g/mol. The van der Waals surface area contributed by atoms with E-state index in [-0.39, 0.29) is 18.1 Å². The number of nitrogens with zero attached hydrogens (tertiary/aromatic N) is 2. The summed E-state index contributed by atoms with van der Waals surface area (Å²) in [5.74, 6) is 1.50. The number of ether oxygens (including phenoxy) is 2. The van der Waals surface area contributed by atoms with E-state index in [1.807, 2.05) is 29.2 Å². The molecule has 1 heterocycles. The van der Waals surface area contributed by atoms with Gasteiger partial charge in [0.1, 0.15) is 17.3 Å². The highest BCUT2D eigenvalue weighted by molar-refractivity contribution is 6.07. The zero-order chi connectivity index (χ0) is 19.9. The number of amidine groups is 1. The van der Waals surface area contributed by atoms with E-state index in [9.17, 15) is 13.6 Å². The minimum absolute atomic E-state index is 0.0233. The van der Waals surface area contributed by atoms with E-state index in [4.69, 9.17) is 4.74 Å². The second-order valence-corrected chi connectivity index (χ2v) is 6.37. The highest BCUT2D eigenvalue weighted by Crippen LogP contribution is 2.23. The number of benzene rings is 2. The molecule has 28 heavy (non-hydrogen) atoms. The first-order valence-electron chi connectivity index (χ1n) is 9.10. The van der Waals surface area contributed by atoms with Crippen molar-refractivity contribution in [3.8, 4) is 11.5 Å². The number of hydrogen-bond donors (Lipinski definition) is 0. The van der Waals surface area contributed by atoms with Crippen LogP contribution in [0.3, 0.4) is 0 Å². The Kier molecular flexibility index (Phi) is 6.57. The lowest BCUT2D eigenvalue weighted by molar-refractivity contribution is -0.0498. The molecule has 0 unspecified atom stereocenters. The predicted octanol–water partition coefficient (Wildman–Crippen LogP) is 4.57. The molecule has 2 aromatic rings. The first-order valence-corrected chi connectivity index (χ1v) is 9.10. The molecular formula is C21H22F2N2O3. The predicted molar refractivity (Wildman–Crippen MR) is 104 cm³/mol. The molecule has 0 bridgehead atoms. The summed E-state index contributed by atoms with van der Waals surface area (Å²) in [6, 6.07) is 13.2. The summed E-state index contributed by atoms with van der Waals surface area (Å²) < 4.78 is 34.1. The summed E-state index contributed by atoms with van der Waals surface area (Å²) >= 11 is 0. The van der Waals surface area contributed by atoms with E-state index in [2.05, 4.69) is 9.73 Å². The normalized spacial score (nSPS) is 13.8. The fraction of sp³-hybridized carbons (Fsp3) is 0.333. The van der Waals surface area contributed by atoms with Crippen molar-refractivity contribution in [3.63, 3.8) is 0 Å². The third-order valence-electron chi connectivity index (χ3n) is 4.50. The van der Waals surface area contributed by atoms with Crippen LogP contribution < -0.4 is 14.4 Å². The van der Waals surface area contributed by atoms with E-state index >= 15 is 0 Å². The Hall–Kier alpha value is -2.96. The number of hydrogen-bond acceptors (Lipinski definition) is 5. The van der Waals surface area contributed by atoms with Crippen molar-refractivity contribution in [2.75, 3.05) is 25.1 Å². The zero-order valence-corrected chi connectivity index (χ0v) is 15.6. The molecule has 1 aliphatic rings. The number of anilines is 1. The van der Waals surface area contributed by atoms with Gasteiger partial charge in [0.15, 0.2) is 5.78 Å². The van der Waals surface area contributed by atoms with Crippen LogP contribution in [0.25, 0.3) is 0 Å². The van der Waals surface area contributed by atoms with Gasteiger partial charge < -0.3 is 14.4 Å². The number of aliphatic imine (C=N–C) groups is 1. The number of alkyl halides is 2. The molecule has 0 saturated heterocycles. The van der Waals surface area contributed by atoms with Crippen LogP contribution in [0.2, 0.25) is 0 Å². The third-order valence-corrected chi connectivity index (χ3v) is 4.50. The van der Waals surface area contributed by atoms with Gasteiger partial charge in [-0.05, 0) is 61.4 Å². The van der Waals surface area contributed by atoms with Gasteiger partial charge in [-0.15, -0.1) is 0 Å². The van der Waals surface area contributed by atoms with Gasteiger partial charge in [0.25, 0.3) is 0 Å². The minimum atomic E-state index is -2.89. The summed E-state index contributed by atoms with van der Waals surface area (Å²) in [7, 11) is 1.60. The molecule has 0 atom stereocenters. The largest absolute Gasteiger partial charge is 0.497 e. The fourth-order valence-corrected chi connectivity index (χ4v) is 3.05. The lowest BCUT2D eigenvalue weighted by Crippen LogP contribution is -2.37. The molecule has 0 aliphatic carbocycles. The lowest BCUT2D eigenvalue weighted by Gasteiger charge is -2.28. The molecule has 0 amide bonds. The van der Waals surface area contributed by atoms with Gasteiger partial charge in [0.2, 0.25) is 0 Å². The average Bonchev–Trinajstić information content (AvgIpc) is 2.73. The molecule has 0 aromatic heterocycles. The van der Waals surface area contributed by atoms with Crippen molar-refractivity contribution < 1.29 is 23.0 Å². The molecule has 0 N–H and O–H groups in total. The van der Waals surface area contributed by atoms with Gasteiger partial charge in [-0.3, -0.25) is 9.79 Å². The molecule has 0 fully saturated rings. The second kappa shape index (κ2) is 9.30. The van der Waals surface area contributed by atoms with Gasteiger partial charge in [-0.1, -0.05) is 0 Å². The van der Waals surface area contributed by atoms with Crippen LogP contribution in [0.15, 0.2) is 53.5 Å². The molecule has 0 spiro atoms. The minimum Gasteiger partial charge on any atom is -0.497 e. The number of carbonyl (C=O) groups excluding carboxylic acids is 1. The topological polar surface area (TPSA) is 51.1 Å². The summed E-state index contributed by atoms with van der Waals surface area (Å²) in [4.78, 5) is 19.3. The first-order chi connectivity index (χ1) is 13.6. The number of halogens is 2. The van der Waals surface area contributed by atoms with Crippen molar-refractivity contribution in [2.45, 2.75) is 25.9 Å². The molecule has 3 rings (SSSR count). The van der Waals surface area contributed by atoms with Gasteiger partial charge >= 0.3 is 6.61 Å². The van der Waals surface area contributed by atoms with Crippen molar-refractivity contribution >= 4 is 17.3 Å². The van der Waals surface area contributed by atoms with E-state index in [0.29, 0.717) is 5.56 Å². The number of ketones is 1. The third kappa shape index (κ3) is 5.06. The zero-order valence-electron chi connectivity index (χ0n) is 15.6. The molecule has 148 valence electrons. The SMILES string of the molecule is COc1ccc(N(CC(=O)c2ccc(OC(F)F)cc2)C2=NCCCC2)cc1. The maximum Gasteiger partial charge on any atom is 0.387 e. The quantitative estimate of drug-likeness (QED) is 0.652. The highest BCUT2D eigenvalue weighted by atomic mass is 19.3. The van der Waals surface area contributed by atoms with E-state index in [0.717, 1.165) is 43.1 Å². The molecule has 5 nitrogen and oxygen atoms in total. The molecule has 7 heteroatoms. The Labute approximate surface area is 162 Å². The number of rotatable bonds is 7. The molecule has 0 radical (unpaired) electrons. The van der Waals surface area contributed by atoms with Crippen molar-refractivity contribution in [1.29, 1.82) is 0 Å². The van der Waals surface area contributed by atoms with Crippen LogP contribution in [0.1, 0.15) is 29.6 Å². The molecule has 1 aliphatic heterocycles. The summed E-state index contributed by atoms with van der Waals surface area (Å²) in [5, 5.41) is 0. The monoisotopic (exact) mass is 388 g/mol. The smallest absolute Gasteiger partial charge is 0.387 e. The lowest BCUT2D eigenvalue weighted by atomic mass is 10.1. The molecular weight excluding hydrogens is 366 g/mol. The van der Waals surface area contributed by atoms with E-state index in [1.165, 1.54) is 24.3 Å². The first kappa shape index (κ1) is 19.8. The standard InChI is InChI=1S/C21H22F2N2O3/c1-27-17-11-7-16(8-12-17)25(20-4-2-3-13-24-20)14-19(26)15-5-9-18(10-6-15)28-21(22)23/h5-12,21H,2-4,13-14H2,1H3. The van der Waals surface area contributed by atoms with E-state index < -0.39 is 6.61 Å². The van der Waals surface area contributed by atoms with Gasteiger partial charge in [-0.25, -0.2) is 0 Å². The maximum atomic E-state index is 12.8. The van der Waals surface area contributed by atoms with Crippen LogP contribution in [0.4, 0.5) is 14.5 Å². The van der Waals surface area contributed by atoms with Crippen LogP contribution in [0.5, 0.6) is 11.5 Å². The number of methoxy groups -OCH3 is 1. The van der Waals surface area contributed by atoms with Crippen molar-refractivity contribution in [2.24, 2.45) is 4.99 Å². The van der Waals surface area contributed by atoms with E-state index in [1.54, 1.807) is 7.11 Å². The maximum absolute atomic E-state index is 12.8. The fourth-order valence-electron chi connectivity index (χ4n) is 3.05. The van der Waals surface area contributed by atoms with Crippen molar-refractivity contribution in [1.82, 2.24) is 0 Å². The summed E-state index contributed by atoms with van der Waals surface area (Å²) in [5.41, 5.74) is 1.28. The Bertz CT molecular complexity index is 821. The van der Waals surface area contributed by atoms with Crippen LogP contribution >= 0.6 is 0 Å². The second-order valence-electron chi connectivity index (χ2n) is 6.37. The Morgan fingerprint density at radius 3 is 2.32 bits per heavy atom. The van der Waals surface area contributed by atoms with Crippen LogP contribution in [-0.4, -0.2) is 38.4 Å². The molecule has 2 aromatic carbocycles. The van der Waals surface area contributed by atoms with Crippen molar-refractivity contribution in [3.05, 3.63) is 54.1 Å². The Balaban J connectivity index is 1.80. The summed E-state index contributed by atoms with van der Waals surface area (Å²) in [6.07, 6.45) is 2.87. The number of Topliss-reactive ketones (excluding diaryl/α,β-unsaturated/α-hetero) is 1. The van der Waals surface area contributed by atoms with Crippen LogP contribution in [-0.2, 0) is 0 Å².